The molecule has 178 valence electrons. The monoisotopic (exact) mass is 497 g/mol. The predicted molar refractivity (Wildman–Crippen MR) is 135 cm³/mol. The van der Waals surface area contributed by atoms with Crippen LogP contribution in [0.5, 0.6) is 0 Å². The third-order valence-electron chi connectivity index (χ3n) is 5.98. The molecule has 1 saturated heterocycles. The molecule has 0 bridgehead atoms. The smallest absolute Gasteiger partial charge is 0.255 e. The molecule has 1 fully saturated rings. The van der Waals surface area contributed by atoms with Crippen molar-refractivity contribution in [2.75, 3.05) is 17.6 Å². The predicted octanol–water partition coefficient (Wildman–Crippen LogP) is 5.22. The van der Waals surface area contributed by atoms with Crippen molar-refractivity contribution < 1.29 is 9.59 Å². The van der Waals surface area contributed by atoms with E-state index in [-0.39, 0.29) is 23.6 Å². The van der Waals surface area contributed by atoms with Crippen LogP contribution in [0.2, 0.25) is 5.02 Å². The Kier molecular flexibility index (Phi) is 7.90. The molecule has 1 aliphatic heterocycles. The third kappa shape index (κ3) is 5.13. The van der Waals surface area contributed by atoms with Crippen LogP contribution in [0.1, 0.15) is 54.5 Å². The number of aryl methyl sites for hydroxylation is 1. The maximum Gasteiger partial charge on any atom is 0.255 e. The Morgan fingerprint density at radius 3 is 2.65 bits per heavy atom. The quantitative estimate of drug-likeness (QED) is 0.431. The molecular weight excluding hydrogens is 470 g/mol. The molecular formula is C25H28ClN5O2S. The maximum absolute atomic E-state index is 13.2. The summed E-state index contributed by atoms with van der Waals surface area (Å²) in [6.45, 7) is 5.38. The van der Waals surface area contributed by atoms with Crippen LogP contribution in [-0.2, 0) is 17.8 Å². The van der Waals surface area contributed by atoms with E-state index >= 15 is 0 Å². The summed E-state index contributed by atoms with van der Waals surface area (Å²) in [4.78, 5) is 27.7. The molecule has 4 rings (SSSR count). The molecule has 1 unspecified atom stereocenters. The molecule has 1 N–H and O–H groups in total. The topological polar surface area (TPSA) is 80.1 Å². The summed E-state index contributed by atoms with van der Waals surface area (Å²) in [6, 6.07) is 14.8. The minimum atomic E-state index is -0.171. The van der Waals surface area contributed by atoms with Crippen molar-refractivity contribution >= 4 is 40.9 Å². The second-order valence-corrected chi connectivity index (χ2v) is 9.42. The lowest BCUT2D eigenvalue weighted by Crippen LogP contribution is -2.32. The van der Waals surface area contributed by atoms with E-state index in [1.165, 1.54) is 11.8 Å². The number of nitrogens with zero attached hydrogens (tertiary/aromatic N) is 4. The van der Waals surface area contributed by atoms with Gasteiger partial charge in [0, 0.05) is 18.8 Å². The lowest BCUT2D eigenvalue weighted by atomic mass is 10.1. The number of halogens is 1. The van der Waals surface area contributed by atoms with Crippen LogP contribution in [0, 0.1) is 0 Å². The fourth-order valence-corrected chi connectivity index (χ4v) is 5.31. The van der Waals surface area contributed by atoms with E-state index in [0.29, 0.717) is 28.8 Å². The van der Waals surface area contributed by atoms with Crippen LogP contribution >= 0.6 is 23.4 Å². The van der Waals surface area contributed by atoms with Gasteiger partial charge in [-0.05, 0) is 49.9 Å². The van der Waals surface area contributed by atoms with E-state index in [2.05, 4.69) is 22.4 Å². The van der Waals surface area contributed by atoms with Gasteiger partial charge in [-0.2, -0.15) is 0 Å². The van der Waals surface area contributed by atoms with Crippen LogP contribution in [0.25, 0.3) is 0 Å². The average molecular weight is 498 g/mol. The van der Waals surface area contributed by atoms with Crippen LogP contribution < -0.4 is 5.32 Å². The third-order valence-corrected chi connectivity index (χ3v) is 7.28. The molecule has 9 heteroatoms. The van der Waals surface area contributed by atoms with Gasteiger partial charge in [0.1, 0.15) is 0 Å². The molecule has 0 saturated carbocycles. The first-order chi connectivity index (χ1) is 16.5. The average Bonchev–Trinajstić information content (AvgIpc) is 3.49. The summed E-state index contributed by atoms with van der Waals surface area (Å²) < 4.78 is 2.00. The Morgan fingerprint density at radius 2 is 1.88 bits per heavy atom. The summed E-state index contributed by atoms with van der Waals surface area (Å²) in [5.74, 6) is 0.791. The molecule has 0 spiro atoms. The Labute approximate surface area is 208 Å². The fourth-order valence-electron chi connectivity index (χ4n) is 4.29. The van der Waals surface area contributed by atoms with Gasteiger partial charge in [0.2, 0.25) is 5.91 Å². The first-order valence-corrected chi connectivity index (χ1v) is 12.9. The van der Waals surface area contributed by atoms with E-state index in [1.807, 2.05) is 52.8 Å². The molecule has 1 atom stereocenters. The highest BCUT2D eigenvalue weighted by atomic mass is 35.5. The first kappa shape index (κ1) is 24.3. The molecule has 1 aliphatic rings. The number of aromatic nitrogens is 3. The van der Waals surface area contributed by atoms with E-state index in [0.717, 1.165) is 36.3 Å². The second-order valence-electron chi connectivity index (χ2n) is 8.07. The van der Waals surface area contributed by atoms with Crippen molar-refractivity contribution in [1.29, 1.82) is 0 Å². The van der Waals surface area contributed by atoms with Gasteiger partial charge in [0.15, 0.2) is 11.0 Å². The normalized spacial score (nSPS) is 15.5. The van der Waals surface area contributed by atoms with Crippen molar-refractivity contribution in [3.8, 4) is 0 Å². The second kappa shape index (κ2) is 11.1. The van der Waals surface area contributed by atoms with Gasteiger partial charge < -0.3 is 14.8 Å². The lowest BCUT2D eigenvalue weighted by molar-refractivity contribution is -0.113. The largest absolute Gasteiger partial charge is 0.328 e. The van der Waals surface area contributed by atoms with Crippen molar-refractivity contribution in [1.82, 2.24) is 19.7 Å². The highest BCUT2D eigenvalue weighted by Gasteiger charge is 2.35. The fraction of sp³-hybridized carbons (Fsp3) is 0.360. The van der Waals surface area contributed by atoms with E-state index in [4.69, 9.17) is 11.6 Å². The minimum absolute atomic E-state index is 0.0884. The lowest BCUT2D eigenvalue weighted by Gasteiger charge is -2.25. The molecule has 0 aliphatic carbocycles. The summed E-state index contributed by atoms with van der Waals surface area (Å²) in [5, 5.41) is 12.9. The van der Waals surface area contributed by atoms with Gasteiger partial charge in [-0.1, -0.05) is 60.6 Å². The SMILES string of the molecule is CCc1ccccc1NC(=O)CSc1nnc(C2CCCN2C(=O)c2ccccc2Cl)n1CC. The summed E-state index contributed by atoms with van der Waals surface area (Å²) in [6.07, 6.45) is 2.55. The maximum atomic E-state index is 13.2. The number of amides is 2. The van der Waals surface area contributed by atoms with Gasteiger partial charge in [0.05, 0.1) is 22.4 Å². The van der Waals surface area contributed by atoms with Gasteiger partial charge in [-0.25, -0.2) is 0 Å². The molecule has 1 aromatic heterocycles. The highest BCUT2D eigenvalue weighted by molar-refractivity contribution is 7.99. The first-order valence-electron chi connectivity index (χ1n) is 11.5. The van der Waals surface area contributed by atoms with Crippen LogP contribution in [0.15, 0.2) is 53.7 Å². The number of nitrogens with one attached hydrogen (secondary N) is 1. The van der Waals surface area contributed by atoms with Crippen molar-refractivity contribution in [2.24, 2.45) is 0 Å². The number of rotatable bonds is 8. The number of hydrogen-bond donors (Lipinski definition) is 1. The Morgan fingerprint density at radius 1 is 1.12 bits per heavy atom. The van der Waals surface area contributed by atoms with Crippen LogP contribution in [0.4, 0.5) is 5.69 Å². The Bertz CT molecular complexity index is 1180. The molecule has 2 heterocycles. The number of anilines is 1. The number of benzene rings is 2. The zero-order chi connectivity index (χ0) is 24.1. The number of hydrogen-bond acceptors (Lipinski definition) is 5. The number of carbonyl (C=O) groups is 2. The Balaban J connectivity index is 1.47. The van der Waals surface area contributed by atoms with Crippen LogP contribution in [-0.4, -0.2) is 43.8 Å². The zero-order valence-corrected chi connectivity index (χ0v) is 20.9. The molecule has 34 heavy (non-hydrogen) atoms. The van der Waals surface area contributed by atoms with Gasteiger partial charge in [-0.3, -0.25) is 9.59 Å². The van der Waals surface area contributed by atoms with E-state index < -0.39 is 0 Å². The summed E-state index contributed by atoms with van der Waals surface area (Å²) in [5.41, 5.74) is 2.44. The summed E-state index contributed by atoms with van der Waals surface area (Å²) in [7, 11) is 0. The highest BCUT2D eigenvalue weighted by Crippen LogP contribution is 2.34. The zero-order valence-electron chi connectivity index (χ0n) is 19.3. The number of thioether (sulfide) groups is 1. The van der Waals surface area contributed by atoms with Crippen molar-refractivity contribution in [3.05, 3.63) is 70.5 Å². The number of para-hydroxylation sites is 1. The van der Waals surface area contributed by atoms with E-state index in [9.17, 15) is 9.59 Å². The molecule has 2 amide bonds. The van der Waals surface area contributed by atoms with Crippen LogP contribution in [0.3, 0.4) is 0 Å². The number of carbonyl (C=O) groups excluding carboxylic acids is 2. The number of likely N-dealkylation sites (tertiary alicyclic amines) is 1. The Hall–Kier alpha value is -2.84. The van der Waals surface area contributed by atoms with Crippen molar-refractivity contribution in [3.63, 3.8) is 0 Å². The molecule has 0 radical (unpaired) electrons. The summed E-state index contributed by atoms with van der Waals surface area (Å²) >= 11 is 7.63. The van der Waals surface area contributed by atoms with Gasteiger partial charge in [0.25, 0.3) is 5.91 Å². The standard InChI is InChI=1S/C25H28ClN5O2S/c1-3-17-10-5-8-13-20(17)27-22(32)16-34-25-29-28-23(30(25)4-2)21-14-9-15-31(21)24(33)18-11-6-7-12-19(18)26/h5-8,10-13,21H,3-4,9,14-16H2,1-2H3,(H,27,32). The van der Waals surface area contributed by atoms with E-state index in [1.54, 1.807) is 12.1 Å². The van der Waals surface area contributed by atoms with Crippen molar-refractivity contribution in [2.45, 2.75) is 50.9 Å². The molecule has 7 nitrogen and oxygen atoms in total. The van der Waals surface area contributed by atoms with Gasteiger partial charge >= 0.3 is 0 Å². The molecule has 2 aromatic carbocycles. The minimum Gasteiger partial charge on any atom is -0.328 e. The molecule has 3 aromatic rings. The van der Waals surface area contributed by atoms with Gasteiger partial charge in [-0.15, -0.1) is 10.2 Å².